The van der Waals surface area contributed by atoms with Crippen molar-refractivity contribution in [1.82, 2.24) is 10.2 Å². The van der Waals surface area contributed by atoms with Gasteiger partial charge < -0.3 is 10.2 Å². The van der Waals surface area contributed by atoms with Crippen molar-refractivity contribution in [1.29, 1.82) is 0 Å². The summed E-state index contributed by atoms with van der Waals surface area (Å²) >= 11 is 1.61. The predicted molar refractivity (Wildman–Crippen MR) is 90.9 cm³/mol. The van der Waals surface area contributed by atoms with E-state index in [-0.39, 0.29) is 17.9 Å². The van der Waals surface area contributed by atoms with E-state index in [1.165, 1.54) is 5.56 Å². The minimum atomic E-state index is -0.352. The number of carbonyl (C=O) groups is 2. The van der Waals surface area contributed by atoms with Gasteiger partial charge in [0.2, 0.25) is 11.8 Å². The van der Waals surface area contributed by atoms with Gasteiger partial charge in [0, 0.05) is 17.8 Å². The van der Waals surface area contributed by atoms with Crippen LogP contribution in [0.5, 0.6) is 0 Å². The summed E-state index contributed by atoms with van der Waals surface area (Å²) in [5.74, 6) is 0.00279. The summed E-state index contributed by atoms with van der Waals surface area (Å²) in [5.41, 5.74) is 2.25. The quantitative estimate of drug-likeness (QED) is 0.917. The molecular formula is C18H20N2O2S. The molecule has 0 unspecified atom stereocenters. The van der Waals surface area contributed by atoms with E-state index >= 15 is 0 Å². The normalized spacial score (nSPS) is 17.5. The van der Waals surface area contributed by atoms with Gasteiger partial charge >= 0.3 is 0 Å². The van der Waals surface area contributed by atoms with Crippen molar-refractivity contribution in [2.75, 3.05) is 0 Å². The summed E-state index contributed by atoms with van der Waals surface area (Å²) < 4.78 is 0. The number of benzene rings is 1. The van der Waals surface area contributed by atoms with E-state index in [0.717, 1.165) is 10.4 Å². The molecule has 0 bridgehead atoms. The molecule has 0 saturated carbocycles. The third-order valence-corrected chi connectivity index (χ3v) is 4.95. The van der Waals surface area contributed by atoms with E-state index in [1.54, 1.807) is 16.2 Å². The van der Waals surface area contributed by atoms with Gasteiger partial charge in [0.25, 0.3) is 0 Å². The van der Waals surface area contributed by atoms with E-state index in [2.05, 4.69) is 11.4 Å². The SMILES string of the molecule is Cc1cccc(CNC(=O)[C@@H]2CCC(=O)N2Cc2cccs2)c1. The van der Waals surface area contributed by atoms with Crippen LogP contribution in [0.25, 0.3) is 0 Å². The van der Waals surface area contributed by atoms with Crippen molar-refractivity contribution >= 4 is 23.2 Å². The van der Waals surface area contributed by atoms with Gasteiger partial charge in [-0.15, -0.1) is 11.3 Å². The Hall–Kier alpha value is -2.14. The first-order valence-corrected chi connectivity index (χ1v) is 8.66. The van der Waals surface area contributed by atoms with Crippen molar-refractivity contribution < 1.29 is 9.59 Å². The molecule has 2 aromatic rings. The van der Waals surface area contributed by atoms with Crippen LogP contribution in [-0.4, -0.2) is 22.8 Å². The van der Waals surface area contributed by atoms with Crippen molar-refractivity contribution in [3.63, 3.8) is 0 Å². The van der Waals surface area contributed by atoms with Gasteiger partial charge in [0.15, 0.2) is 0 Å². The predicted octanol–water partition coefficient (Wildman–Crippen LogP) is 2.86. The van der Waals surface area contributed by atoms with Gasteiger partial charge in [0.05, 0.1) is 6.54 Å². The summed E-state index contributed by atoms with van der Waals surface area (Å²) in [7, 11) is 0. The minimum absolute atomic E-state index is 0.0612. The summed E-state index contributed by atoms with van der Waals surface area (Å²) in [4.78, 5) is 27.4. The van der Waals surface area contributed by atoms with Crippen LogP contribution in [0.15, 0.2) is 41.8 Å². The highest BCUT2D eigenvalue weighted by Gasteiger charge is 2.35. The fourth-order valence-corrected chi connectivity index (χ4v) is 3.61. The van der Waals surface area contributed by atoms with Gasteiger partial charge in [0.1, 0.15) is 6.04 Å². The standard InChI is InChI=1S/C18H20N2O2S/c1-13-4-2-5-14(10-13)11-19-18(22)16-7-8-17(21)20(16)12-15-6-3-9-23-15/h2-6,9-10,16H,7-8,11-12H2,1H3,(H,19,22)/t16-/m0/s1. The number of hydrogen-bond acceptors (Lipinski definition) is 3. The average Bonchev–Trinajstić information content (AvgIpc) is 3.16. The third kappa shape index (κ3) is 3.79. The smallest absolute Gasteiger partial charge is 0.243 e. The lowest BCUT2D eigenvalue weighted by Gasteiger charge is -2.23. The Morgan fingerprint density at radius 1 is 1.35 bits per heavy atom. The van der Waals surface area contributed by atoms with Crippen molar-refractivity contribution in [3.05, 3.63) is 57.8 Å². The molecule has 1 N–H and O–H groups in total. The second kappa shape index (κ2) is 6.96. The highest BCUT2D eigenvalue weighted by Crippen LogP contribution is 2.23. The highest BCUT2D eigenvalue weighted by atomic mass is 32.1. The fraction of sp³-hybridized carbons (Fsp3) is 0.333. The van der Waals surface area contributed by atoms with E-state index in [1.807, 2.05) is 42.6 Å². The van der Waals surface area contributed by atoms with Crippen molar-refractivity contribution in [3.8, 4) is 0 Å². The Balaban J connectivity index is 1.62. The first kappa shape index (κ1) is 15.7. The summed E-state index contributed by atoms with van der Waals surface area (Å²) in [6.07, 6.45) is 1.05. The fourth-order valence-electron chi connectivity index (χ4n) is 2.90. The molecule has 1 saturated heterocycles. The Bertz CT molecular complexity index is 697. The number of aryl methyl sites for hydroxylation is 1. The number of nitrogens with one attached hydrogen (secondary N) is 1. The molecule has 5 heteroatoms. The molecule has 1 atom stereocenters. The van der Waals surface area contributed by atoms with Gasteiger partial charge in [-0.05, 0) is 30.4 Å². The van der Waals surface area contributed by atoms with E-state index in [4.69, 9.17) is 0 Å². The maximum Gasteiger partial charge on any atom is 0.243 e. The Morgan fingerprint density at radius 3 is 2.96 bits per heavy atom. The Morgan fingerprint density at radius 2 is 2.22 bits per heavy atom. The summed E-state index contributed by atoms with van der Waals surface area (Å²) in [6.45, 7) is 3.06. The van der Waals surface area contributed by atoms with Crippen LogP contribution in [0.4, 0.5) is 0 Å². The monoisotopic (exact) mass is 328 g/mol. The summed E-state index contributed by atoms with van der Waals surface area (Å²) in [6, 6.07) is 11.7. The largest absolute Gasteiger partial charge is 0.350 e. The van der Waals surface area contributed by atoms with Crippen LogP contribution in [0.2, 0.25) is 0 Å². The van der Waals surface area contributed by atoms with Crippen LogP contribution in [0.1, 0.15) is 28.8 Å². The molecule has 0 radical (unpaired) electrons. The van der Waals surface area contributed by atoms with E-state index in [0.29, 0.717) is 25.9 Å². The number of thiophene rings is 1. The first-order valence-electron chi connectivity index (χ1n) is 7.78. The lowest BCUT2D eigenvalue weighted by molar-refractivity contribution is -0.135. The number of nitrogens with zero attached hydrogens (tertiary/aromatic N) is 1. The molecule has 3 rings (SSSR count). The molecule has 0 aliphatic carbocycles. The molecule has 0 spiro atoms. The molecule has 1 aliphatic heterocycles. The van der Waals surface area contributed by atoms with Crippen LogP contribution in [-0.2, 0) is 22.7 Å². The number of amides is 2. The zero-order chi connectivity index (χ0) is 16.2. The highest BCUT2D eigenvalue weighted by molar-refractivity contribution is 7.09. The maximum absolute atomic E-state index is 12.5. The second-order valence-corrected chi connectivity index (χ2v) is 6.89. The summed E-state index contributed by atoms with van der Waals surface area (Å²) in [5, 5.41) is 4.96. The molecule has 1 fully saturated rings. The molecule has 1 aliphatic rings. The van der Waals surface area contributed by atoms with Crippen LogP contribution < -0.4 is 5.32 Å². The zero-order valence-electron chi connectivity index (χ0n) is 13.1. The number of carbonyl (C=O) groups excluding carboxylic acids is 2. The number of hydrogen-bond donors (Lipinski definition) is 1. The molecule has 2 amide bonds. The lowest BCUT2D eigenvalue weighted by Crippen LogP contribution is -2.44. The van der Waals surface area contributed by atoms with Gasteiger partial charge in [-0.2, -0.15) is 0 Å². The third-order valence-electron chi connectivity index (χ3n) is 4.09. The van der Waals surface area contributed by atoms with Crippen LogP contribution in [0, 0.1) is 6.92 Å². The maximum atomic E-state index is 12.5. The average molecular weight is 328 g/mol. The van der Waals surface area contributed by atoms with Crippen LogP contribution >= 0.6 is 11.3 Å². The number of likely N-dealkylation sites (tertiary alicyclic amines) is 1. The molecule has 1 aromatic heterocycles. The molecular weight excluding hydrogens is 308 g/mol. The van der Waals surface area contributed by atoms with E-state index < -0.39 is 0 Å². The molecule has 2 heterocycles. The Kier molecular flexibility index (Phi) is 4.76. The van der Waals surface area contributed by atoms with E-state index in [9.17, 15) is 9.59 Å². The first-order chi connectivity index (χ1) is 11.1. The van der Waals surface area contributed by atoms with Gasteiger partial charge in [-0.3, -0.25) is 9.59 Å². The second-order valence-electron chi connectivity index (χ2n) is 5.86. The zero-order valence-corrected chi connectivity index (χ0v) is 13.9. The Labute approximate surface area is 140 Å². The molecule has 120 valence electrons. The molecule has 4 nitrogen and oxygen atoms in total. The van der Waals surface area contributed by atoms with Crippen LogP contribution in [0.3, 0.4) is 0 Å². The van der Waals surface area contributed by atoms with Gasteiger partial charge in [-0.1, -0.05) is 35.9 Å². The number of rotatable bonds is 5. The van der Waals surface area contributed by atoms with Crippen molar-refractivity contribution in [2.45, 2.75) is 38.9 Å². The molecule has 1 aromatic carbocycles. The minimum Gasteiger partial charge on any atom is -0.350 e. The lowest BCUT2D eigenvalue weighted by atomic mass is 10.1. The van der Waals surface area contributed by atoms with Crippen molar-refractivity contribution in [2.24, 2.45) is 0 Å². The topological polar surface area (TPSA) is 49.4 Å². The van der Waals surface area contributed by atoms with Gasteiger partial charge in [-0.25, -0.2) is 0 Å². The molecule has 23 heavy (non-hydrogen) atoms.